The van der Waals surface area contributed by atoms with E-state index in [2.05, 4.69) is 149 Å². The van der Waals surface area contributed by atoms with Gasteiger partial charge in [-0.15, -0.1) is 11.3 Å². The molecule has 2 aliphatic heterocycles. The Bertz CT molecular complexity index is 2700. The van der Waals surface area contributed by atoms with Gasteiger partial charge in [-0.25, -0.2) is 4.98 Å². The van der Waals surface area contributed by atoms with Gasteiger partial charge in [0.15, 0.2) is 6.23 Å². The molecular weight excluding hydrogens is 583 g/mol. The third-order valence-corrected chi connectivity index (χ3v) is 11.1. The zero-order valence-electron chi connectivity index (χ0n) is 24.6. The number of ether oxygens (including phenoxy) is 1. The van der Waals surface area contributed by atoms with E-state index in [0.29, 0.717) is 0 Å². The molecule has 3 aromatic heterocycles. The number of nitrogens with zero attached hydrogens (tertiary/aromatic N) is 3. The van der Waals surface area contributed by atoms with Gasteiger partial charge in [-0.05, 0) is 54.6 Å². The molecule has 46 heavy (non-hydrogen) atoms. The van der Waals surface area contributed by atoms with Crippen molar-refractivity contribution < 1.29 is 4.74 Å². The molecule has 5 heterocycles. The Morgan fingerprint density at radius 2 is 1.43 bits per heavy atom. The second kappa shape index (κ2) is 8.96. The fourth-order valence-corrected chi connectivity index (χ4v) is 9.22. The highest BCUT2D eigenvalue weighted by Crippen LogP contribution is 2.58. The van der Waals surface area contributed by atoms with Gasteiger partial charge in [-0.1, -0.05) is 84.9 Å². The lowest BCUT2D eigenvalue weighted by molar-refractivity contribution is 0.234. The van der Waals surface area contributed by atoms with Gasteiger partial charge >= 0.3 is 0 Å². The number of benzene rings is 6. The van der Waals surface area contributed by atoms with Gasteiger partial charge in [-0.3, -0.25) is 0 Å². The molecule has 0 spiro atoms. The summed E-state index contributed by atoms with van der Waals surface area (Å²) >= 11 is 1.90. The monoisotopic (exact) mass is 607 g/mol. The van der Waals surface area contributed by atoms with Crippen molar-refractivity contribution in [3.63, 3.8) is 0 Å². The number of rotatable bonds is 2. The van der Waals surface area contributed by atoms with Gasteiger partial charge in [-0.2, -0.15) is 0 Å². The molecule has 4 nitrogen and oxygen atoms in total. The number of fused-ring (bicyclic) bond motifs is 14. The molecule has 6 aromatic carbocycles. The molecule has 0 fully saturated rings. The molecule has 0 saturated carbocycles. The first kappa shape index (κ1) is 24.6. The van der Waals surface area contributed by atoms with Crippen molar-refractivity contribution >= 4 is 70.3 Å². The molecule has 2 atom stereocenters. The number of para-hydroxylation sites is 4. The number of thiophene rings is 1. The lowest BCUT2D eigenvalue weighted by Gasteiger charge is -2.27. The normalized spacial score (nSPS) is 16.8. The van der Waals surface area contributed by atoms with E-state index >= 15 is 0 Å². The quantitative estimate of drug-likeness (QED) is 0.196. The van der Waals surface area contributed by atoms with Crippen molar-refractivity contribution in [2.75, 3.05) is 4.90 Å². The maximum atomic E-state index is 6.77. The minimum Gasteiger partial charge on any atom is -0.469 e. The summed E-state index contributed by atoms with van der Waals surface area (Å²) in [7, 11) is 0. The van der Waals surface area contributed by atoms with E-state index in [1.54, 1.807) is 0 Å². The van der Waals surface area contributed by atoms with E-state index in [0.717, 1.165) is 39.2 Å². The molecule has 9 aromatic rings. The van der Waals surface area contributed by atoms with Gasteiger partial charge in [0.25, 0.3) is 0 Å². The van der Waals surface area contributed by atoms with Crippen molar-refractivity contribution in [3.8, 4) is 17.0 Å². The minimum absolute atomic E-state index is 0.137. The summed E-state index contributed by atoms with van der Waals surface area (Å²) in [6.07, 6.45) is -0.143. The van der Waals surface area contributed by atoms with Crippen molar-refractivity contribution in [1.29, 1.82) is 0 Å². The highest BCUT2D eigenvalue weighted by atomic mass is 32.1. The van der Waals surface area contributed by atoms with Crippen LogP contribution in [0.4, 0.5) is 11.4 Å². The van der Waals surface area contributed by atoms with Crippen LogP contribution in [0.2, 0.25) is 0 Å². The first-order valence-electron chi connectivity index (χ1n) is 15.7. The molecule has 0 bridgehead atoms. The molecule has 5 heteroatoms. The zero-order chi connectivity index (χ0) is 29.9. The van der Waals surface area contributed by atoms with Gasteiger partial charge in [0.1, 0.15) is 5.75 Å². The smallest absolute Gasteiger partial charge is 0.187 e. The van der Waals surface area contributed by atoms with E-state index in [4.69, 9.17) is 9.72 Å². The Balaban J connectivity index is 1.10. The summed E-state index contributed by atoms with van der Waals surface area (Å²) in [6, 6.07) is 50.1. The number of hydrogen-bond acceptors (Lipinski definition) is 4. The average molecular weight is 608 g/mol. The standard InChI is InChI=1S/C41H25N3OS/c1-5-13-31-25(9-1)23-34-39(42-30-12-4-6-14-32(30)44(31)34)24-17-19-26(20-18-24)43-33-22-21-28-27-10-3-8-16-36(27)46-40(28)38(33)37-29-11-2-7-15-35(29)45-41(37)43/h1-23,37,41H. The summed E-state index contributed by atoms with van der Waals surface area (Å²) in [5.41, 5.74) is 11.5. The van der Waals surface area contributed by atoms with Crippen molar-refractivity contribution in [2.45, 2.75) is 12.1 Å². The van der Waals surface area contributed by atoms with Crippen LogP contribution in [-0.4, -0.2) is 15.6 Å². The van der Waals surface area contributed by atoms with E-state index < -0.39 is 0 Å². The van der Waals surface area contributed by atoms with E-state index in [-0.39, 0.29) is 12.1 Å². The van der Waals surface area contributed by atoms with Gasteiger partial charge in [0, 0.05) is 47.9 Å². The highest BCUT2D eigenvalue weighted by Gasteiger charge is 2.48. The van der Waals surface area contributed by atoms with Crippen molar-refractivity contribution in [2.24, 2.45) is 0 Å². The van der Waals surface area contributed by atoms with Crippen LogP contribution in [0.3, 0.4) is 0 Å². The zero-order valence-corrected chi connectivity index (χ0v) is 25.4. The van der Waals surface area contributed by atoms with Gasteiger partial charge < -0.3 is 14.0 Å². The van der Waals surface area contributed by atoms with E-state index in [1.807, 2.05) is 11.3 Å². The average Bonchev–Trinajstić information content (AvgIpc) is 3.86. The topological polar surface area (TPSA) is 29.8 Å². The van der Waals surface area contributed by atoms with Crippen LogP contribution in [0.5, 0.6) is 5.75 Å². The van der Waals surface area contributed by atoms with Crippen LogP contribution < -0.4 is 9.64 Å². The van der Waals surface area contributed by atoms with Crippen molar-refractivity contribution in [3.05, 3.63) is 151 Å². The molecule has 2 aliphatic rings. The van der Waals surface area contributed by atoms with Crippen LogP contribution in [0.25, 0.3) is 58.9 Å². The Kier molecular flexibility index (Phi) is 4.80. The number of hydrogen-bond donors (Lipinski definition) is 0. The third kappa shape index (κ3) is 3.20. The van der Waals surface area contributed by atoms with Crippen molar-refractivity contribution in [1.82, 2.24) is 9.38 Å². The molecular formula is C41H25N3OS. The summed E-state index contributed by atoms with van der Waals surface area (Å²) in [5, 5.41) is 3.86. The first-order chi connectivity index (χ1) is 22.8. The summed E-state index contributed by atoms with van der Waals surface area (Å²) in [4.78, 5) is 7.61. The van der Waals surface area contributed by atoms with Crippen LogP contribution in [-0.2, 0) is 0 Å². The fourth-order valence-electron chi connectivity index (χ4n) is 7.94. The minimum atomic E-state index is -0.143. The molecule has 216 valence electrons. The molecule has 0 saturated heterocycles. The Morgan fingerprint density at radius 3 is 2.37 bits per heavy atom. The number of anilines is 2. The van der Waals surface area contributed by atoms with Crippen LogP contribution in [0, 0.1) is 0 Å². The highest BCUT2D eigenvalue weighted by molar-refractivity contribution is 7.26. The second-order valence-electron chi connectivity index (χ2n) is 12.3. The SMILES string of the molecule is c1ccc2c(c1)OC1C2c2c(ccc3c2sc2ccccc23)N1c1ccc(-c2nc3ccccc3n3c2cc2ccccc23)cc1. The first-order valence-corrected chi connectivity index (χ1v) is 16.5. The number of aromatic nitrogens is 2. The largest absolute Gasteiger partial charge is 0.469 e. The van der Waals surface area contributed by atoms with Gasteiger partial charge in [0.05, 0.1) is 39.4 Å². The molecule has 0 N–H and O–H groups in total. The maximum Gasteiger partial charge on any atom is 0.187 e. The Labute approximate surface area is 268 Å². The summed E-state index contributed by atoms with van der Waals surface area (Å²) in [6.45, 7) is 0. The maximum absolute atomic E-state index is 6.77. The van der Waals surface area contributed by atoms with Crippen LogP contribution >= 0.6 is 11.3 Å². The van der Waals surface area contributed by atoms with Gasteiger partial charge in [0.2, 0.25) is 0 Å². The predicted octanol–water partition coefficient (Wildman–Crippen LogP) is 10.7. The molecule has 0 radical (unpaired) electrons. The second-order valence-corrected chi connectivity index (χ2v) is 13.3. The summed E-state index contributed by atoms with van der Waals surface area (Å²) < 4.78 is 11.8. The Hall–Kier alpha value is -5.65. The fraction of sp³-hybridized carbons (Fsp3) is 0.0488. The molecule has 11 rings (SSSR count). The molecule has 0 amide bonds. The predicted molar refractivity (Wildman–Crippen MR) is 190 cm³/mol. The third-order valence-electron chi connectivity index (χ3n) is 9.90. The molecule has 2 unspecified atom stereocenters. The lowest BCUT2D eigenvalue weighted by Crippen LogP contribution is -2.32. The lowest BCUT2D eigenvalue weighted by atomic mass is 9.92. The van der Waals surface area contributed by atoms with Crippen LogP contribution in [0.15, 0.2) is 140 Å². The van der Waals surface area contributed by atoms with E-state index in [1.165, 1.54) is 47.9 Å². The molecule has 0 aliphatic carbocycles. The Morgan fingerprint density at radius 1 is 0.652 bits per heavy atom. The van der Waals surface area contributed by atoms with E-state index in [9.17, 15) is 0 Å². The van der Waals surface area contributed by atoms with Crippen LogP contribution in [0.1, 0.15) is 17.0 Å². The summed E-state index contributed by atoms with van der Waals surface area (Å²) in [5.74, 6) is 1.11.